The third-order valence-electron chi connectivity index (χ3n) is 4.27. The number of nitro benzene ring substituents is 1. The number of hydrogen-bond donors (Lipinski definition) is 1. The van der Waals surface area contributed by atoms with Gasteiger partial charge in [-0.2, -0.15) is 0 Å². The third-order valence-corrected chi connectivity index (χ3v) is 4.27. The Morgan fingerprint density at radius 3 is 2.55 bits per heavy atom. The fraction of sp³-hybridized carbons (Fsp3) is 0.130. The van der Waals surface area contributed by atoms with Crippen molar-refractivity contribution in [1.29, 1.82) is 0 Å². The van der Waals surface area contributed by atoms with E-state index in [4.69, 9.17) is 9.47 Å². The summed E-state index contributed by atoms with van der Waals surface area (Å²) in [5.74, 6) is 0.599. The van der Waals surface area contributed by atoms with Crippen molar-refractivity contribution in [3.05, 3.63) is 88.0 Å². The zero-order valence-electron chi connectivity index (χ0n) is 17.1. The van der Waals surface area contributed by atoms with Crippen LogP contribution in [0.2, 0.25) is 0 Å². The van der Waals surface area contributed by atoms with Gasteiger partial charge >= 0.3 is 0 Å². The second-order valence-electron chi connectivity index (χ2n) is 6.65. The molecule has 3 aromatic carbocycles. The Kier molecular flexibility index (Phi) is 6.95. The number of ether oxygens (including phenoxy) is 2. The van der Waals surface area contributed by atoms with Gasteiger partial charge in [0.05, 0.1) is 17.7 Å². The lowest BCUT2D eigenvalue weighted by Gasteiger charge is -2.11. The van der Waals surface area contributed by atoms with Crippen LogP contribution in [0.3, 0.4) is 0 Å². The Bertz CT molecular complexity index is 1110. The van der Waals surface area contributed by atoms with Gasteiger partial charge in [0, 0.05) is 24.0 Å². The molecule has 0 fully saturated rings. The van der Waals surface area contributed by atoms with Gasteiger partial charge in [0.2, 0.25) is 0 Å². The van der Waals surface area contributed by atoms with E-state index in [2.05, 4.69) is 10.3 Å². The van der Waals surface area contributed by atoms with Crippen molar-refractivity contribution in [3.8, 4) is 11.5 Å². The quantitative estimate of drug-likeness (QED) is 0.324. The number of anilines is 1. The maximum absolute atomic E-state index is 12.1. The van der Waals surface area contributed by atoms with Crippen LogP contribution in [0.25, 0.3) is 0 Å². The van der Waals surface area contributed by atoms with E-state index >= 15 is 0 Å². The number of amides is 1. The number of aliphatic imine (C=N–C) groups is 1. The first-order chi connectivity index (χ1) is 14.9. The molecule has 0 atom stereocenters. The largest absolute Gasteiger partial charge is 0.493 e. The highest BCUT2D eigenvalue weighted by molar-refractivity contribution is 5.92. The van der Waals surface area contributed by atoms with Gasteiger partial charge in [-0.15, -0.1) is 0 Å². The lowest BCUT2D eigenvalue weighted by atomic mass is 10.2. The molecule has 31 heavy (non-hydrogen) atoms. The minimum absolute atomic E-state index is 0.00792. The maximum Gasteiger partial charge on any atom is 0.269 e. The molecule has 0 bridgehead atoms. The summed E-state index contributed by atoms with van der Waals surface area (Å²) in [6.45, 7) is 1.78. The van der Waals surface area contributed by atoms with Gasteiger partial charge in [0.25, 0.3) is 11.6 Å². The SMILES string of the molecule is COc1cc(C=Nc2ccc([N+](=O)[O-])cc2)ccc1OCC(=O)Nc1cccc(C)c1. The number of methoxy groups -OCH3 is 1. The van der Waals surface area contributed by atoms with Crippen LogP contribution in [0, 0.1) is 17.0 Å². The average Bonchev–Trinajstić information content (AvgIpc) is 2.76. The Morgan fingerprint density at radius 1 is 1.10 bits per heavy atom. The molecule has 0 saturated carbocycles. The molecule has 1 N–H and O–H groups in total. The van der Waals surface area contributed by atoms with Crippen LogP contribution >= 0.6 is 0 Å². The van der Waals surface area contributed by atoms with Crippen LogP contribution in [0.5, 0.6) is 11.5 Å². The smallest absolute Gasteiger partial charge is 0.269 e. The summed E-state index contributed by atoms with van der Waals surface area (Å²) in [5, 5.41) is 13.5. The number of nitrogens with one attached hydrogen (secondary N) is 1. The van der Waals surface area contributed by atoms with Crippen LogP contribution in [0.1, 0.15) is 11.1 Å². The zero-order valence-corrected chi connectivity index (χ0v) is 17.1. The number of carbonyl (C=O) groups is 1. The number of aryl methyl sites for hydroxylation is 1. The number of nitrogens with zero attached hydrogens (tertiary/aromatic N) is 2. The van der Waals surface area contributed by atoms with Crippen molar-refractivity contribution in [1.82, 2.24) is 0 Å². The lowest BCUT2D eigenvalue weighted by molar-refractivity contribution is -0.384. The second-order valence-corrected chi connectivity index (χ2v) is 6.65. The standard InChI is InChI=1S/C23H21N3O5/c1-16-4-3-5-19(12-16)25-23(27)15-31-21-11-6-17(13-22(21)30-2)14-24-18-7-9-20(10-8-18)26(28)29/h3-14H,15H2,1-2H3,(H,25,27). The molecule has 0 spiro atoms. The molecule has 3 aromatic rings. The minimum Gasteiger partial charge on any atom is -0.493 e. The van der Waals surface area contributed by atoms with Gasteiger partial charge in [-0.3, -0.25) is 19.9 Å². The highest BCUT2D eigenvalue weighted by atomic mass is 16.6. The zero-order chi connectivity index (χ0) is 22.2. The molecule has 3 rings (SSSR count). The van der Waals surface area contributed by atoms with Gasteiger partial charge < -0.3 is 14.8 Å². The lowest BCUT2D eigenvalue weighted by Crippen LogP contribution is -2.20. The van der Waals surface area contributed by atoms with Crippen molar-refractivity contribution >= 4 is 29.2 Å². The van der Waals surface area contributed by atoms with Gasteiger partial charge in [-0.25, -0.2) is 0 Å². The molecule has 158 valence electrons. The summed E-state index contributed by atoms with van der Waals surface area (Å²) < 4.78 is 11.0. The Morgan fingerprint density at radius 2 is 1.87 bits per heavy atom. The van der Waals surface area contributed by atoms with E-state index in [9.17, 15) is 14.9 Å². The Balaban J connectivity index is 1.62. The van der Waals surface area contributed by atoms with Crippen LogP contribution < -0.4 is 14.8 Å². The number of non-ortho nitro benzene ring substituents is 1. The molecule has 0 aliphatic heterocycles. The van der Waals surface area contributed by atoms with Crippen LogP contribution in [0.15, 0.2) is 71.7 Å². The summed E-state index contributed by atoms with van der Waals surface area (Å²) in [5.41, 5.74) is 3.09. The fourth-order valence-electron chi connectivity index (χ4n) is 2.76. The predicted molar refractivity (Wildman–Crippen MR) is 119 cm³/mol. The first kappa shape index (κ1) is 21.5. The molecule has 0 aromatic heterocycles. The van der Waals surface area contributed by atoms with Crippen LogP contribution in [0.4, 0.5) is 17.1 Å². The first-order valence-corrected chi connectivity index (χ1v) is 9.40. The van der Waals surface area contributed by atoms with Crippen molar-refractivity contribution in [2.24, 2.45) is 4.99 Å². The number of benzene rings is 3. The molecular weight excluding hydrogens is 398 g/mol. The topological polar surface area (TPSA) is 103 Å². The first-order valence-electron chi connectivity index (χ1n) is 9.40. The molecule has 0 aliphatic rings. The van der Waals surface area contributed by atoms with Gasteiger partial charge in [-0.1, -0.05) is 12.1 Å². The highest BCUT2D eigenvalue weighted by Gasteiger charge is 2.09. The summed E-state index contributed by atoms with van der Waals surface area (Å²) in [4.78, 5) is 26.7. The summed E-state index contributed by atoms with van der Waals surface area (Å²) in [6.07, 6.45) is 1.61. The molecule has 0 radical (unpaired) electrons. The van der Waals surface area contributed by atoms with Gasteiger partial charge in [-0.05, 0) is 60.5 Å². The second kappa shape index (κ2) is 10.0. The molecule has 0 aliphatic carbocycles. The summed E-state index contributed by atoms with van der Waals surface area (Å²) >= 11 is 0. The van der Waals surface area contributed by atoms with E-state index in [0.717, 1.165) is 11.1 Å². The minimum atomic E-state index is -0.460. The molecule has 0 unspecified atom stereocenters. The fourth-order valence-corrected chi connectivity index (χ4v) is 2.76. The monoisotopic (exact) mass is 419 g/mol. The normalized spacial score (nSPS) is 10.6. The number of hydrogen-bond acceptors (Lipinski definition) is 6. The van der Waals surface area contributed by atoms with E-state index in [-0.39, 0.29) is 18.2 Å². The number of carbonyl (C=O) groups excluding carboxylic acids is 1. The van der Waals surface area contributed by atoms with Crippen LogP contribution in [-0.4, -0.2) is 30.8 Å². The third kappa shape index (κ3) is 6.14. The summed E-state index contributed by atoms with van der Waals surface area (Å²) in [7, 11) is 1.51. The van der Waals surface area contributed by atoms with Crippen molar-refractivity contribution in [3.63, 3.8) is 0 Å². The van der Waals surface area contributed by atoms with E-state index in [0.29, 0.717) is 22.9 Å². The number of nitro groups is 1. The molecule has 0 heterocycles. The average molecular weight is 419 g/mol. The van der Waals surface area contributed by atoms with Crippen molar-refractivity contribution in [2.45, 2.75) is 6.92 Å². The van der Waals surface area contributed by atoms with E-state index in [1.807, 2.05) is 31.2 Å². The molecule has 0 saturated heterocycles. The predicted octanol–water partition coefficient (Wildman–Crippen LogP) is 4.68. The Labute approximate surface area is 179 Å². The van der Waals surface area contributed by atoms with E-state index in [1.54, 1.807) is 36.5 Å². The Hall–Kier alpha value is -4.20. The maximum atomic E-state index is 12.1. The molecule has 1 amide bonds. The van der Waals surface area contributed by atoms with Gasteiger partial charge in [0.1, 0.15) is 0 Å². The number of rotatable bonds is 8. The van der Waals surface area contributed by atoms with Crippen molar-refractivity contribution < 1.29 is 19.2 Å². The van der Waals surface area contributed by atoms with E-state index in [1.165, 1.54) is 19.2 Å². The van der Waals surface area contributed by atoms with Crippen molar-refractivity contribution in [2.75, 3.05) is 19.0 Å². The molecular formula is C23H21N3O5. The van der Waals surface area contributed by atoms with Crippen LogP contribution in [-0.2, 0) is 4.79 Å². The van der Waals surface area contributed by atoms with Gasteiger partial charge in [0.15, 0.2) is 18.1 Å². The highest BCUT2D eigenvalue weighted by Crippen LogP contribution is 2.28. The summed E-state index contributed by atoms with van der Waals surface area (Å²) in [6, 6.07) is 18.6. The van der Waals surface area contributed by atoms with E-state index < -0.39 is 4.92 Å². The molecule has 8 nitrogen and oxygen atoms in total. The molecule has 8 heteroatoms.